The lowest BCUT2D eigenvalue weighted by Crippen LogP contribution is -2.31. The Bertz CT molecular complexity index is 967. The van der Waals surface area contributed by atoms with E-state index in [0.29, 0.717) is 11.7 Å². The van der Waals surface area contributed by atoms with E-state index in [9.17, 15) is 4.39 Å². The van der Waals surface area contributed by atoms with Gasteiger partial charge in [0.2, 0.25) is 0 Å². The van der Waals surface area contributed by atoms with Gasteiger partial charge in [0.25, 0.3) is 0 Å². The summed E-state index contributed by atoms with van der Waals surface area (Å²) in [6.45, 7) is 2.87. The van der Waals surface area contributed by atoms with Crippen molar-refractivity contribution in [2.24, 2.45) is 0 Å². The third-order valence-corrected chi connectivity index (χ3v) is 5.62. The summed E-state index contributed by atoms with van der Waals surface area (Å²) >= 11 is 0. The Morgan fingerprint density at radius 3 is 2.55 bits per heavy atom. The van der Waals surface area contributed by atoms with E-state index in [4.69, 9.17) is 9.84 Å². The molecule has 6 heteroatoms. The molecule has 2 heterocycles. The van der Waals surface area contributed by atoms with Gasteiger partial charge in [-0.1, -0.05) is 12.1 Å². The van der Waals surface area contributed by atoms with E-state index in [2.05, 4.69) is 23.9 Å². The van der Waals surface area contributed by atoms with Crippen LogP contribution in [0.3, 0.4) is 0 Å². The second-order valence-corrected chi connectivity index (χ2v) is 7.77. The molecular formula is C23H27FN4O. The molecule has 0 unspecified atom stereocenters. The van der Waals surface area contributed by atoms with Gasteiger partial charge >= 0.3 is 0 Å². The van der Waals surface area contributed by atoms with Crippen molar-refractivity contribution >= 4 is 0 Å². The first-order valence-electron chi connectivity index (χ1n) is 9.92. The Labute approximate surface area is 171 Å². The van der Waals surface area contributed by atoms with Crippen LogP contribution in [0.15, 0.2) is 54.7 Å². The fourth-order valence-electron chi connectivity index (χ4n) is 3.90. The highest BCUT2D eigenvalue weighted by Crippen LogP contribution is 2.28. The number of ether oxygens (including phenoxy) is 1. The van der Waals surface area contributed by atoms with Crippen LogP contribution in [0.2, 0.25) is 0 Å². The third-order valence-electron chi connectivity index (χ3n) is 5.62. The van der Waals surface area contributed by atoms with Crippen LogP contribution in [0, 0.1) is 5.82 Å². The van der Waals surface area contributed by atoms with Crippen LogP contribution >= 0.6 is 0 Å². The Hall–Kier alpha value is -2.70. The number of likely N-dealkylation sites (tertiary alicyclic amines) is 1. The van der Waals surface area contributed by atoms with Crippen molar-refractivity contribution in [3.05, 3.63) is 66.1 Å². The number of halogens is 1. The van der Waals surface area contributed by atoms with Crippen molar-refractivity contribution in [1.29, 1.82) is 0 Å². The summed E-state index contributed by atoms with van der Waals surface area (Å²) in [7, 11) is 5.92. The lowest BCUT2D eigenvalue weighted by atomic mass is 10.1. The Balaban J connectivity index is 1.69. The molecule has 0 radical (unpaired) electrons. The largest absolute Gasteiger partial charge is 0.497 e. The van der Waals surface area contributed by atoms with E-state index in [1.165, 1.54) is 6.07 Å². The summed E-state index contributed by atoms with van der Waals surface area (Å²) in [5.74, 6) is 0.522. The number of para-hydroxylation sites is 1. The number of benzene rings is 2. The van der Waals surface area contributed by atoms with Gasteiger partial charge in [-0.05, 0) is 56.9 Å². The van der Waals surface area contributed by atoms with E-state index in [1.54, 1.807) is 23.9 Å². The summed E-state index contributed by atoms with van der Waals surface area (Å²) in [4.78, 5) is 4.73. The molecule has 1 aliphatic rings. The molecule has 1 fully saturated rings. The van der Waals surface area contributed by atoms with Crippen LogP contribution < -0.4 is 4.74 Å². The van der Waals surface area contributed by atoms with E-state index in [0.717, 1.165) is 48.6 Å². The van der Waals surface area contributed by atoms with E-state index in [1.807, 2.05) is 36.5 Å². The minimum atomic E-state index is -0.281. The number of aromatic nitrogens is 2. The maximum Gasteiger partial charge on any atom is 0.148 e. The average Bonchev–Trinajstić information content (AvgIpc) is 3.36. The molecule has 152 valence electrons. The van der Waals surface area contributed by atoms with Crippen molar-refractivity contribution in [3.63, 3.8) is 0 Å². The van der Waals surface area contributed by atoms with Crippen LogP contribution in [0.25, 0.3) is 16.9 Å². The summed E-state index contributed by atoms with van der Waals surface area (Å²) < 4.78 is 21.3. The lowest BCUT2D eigenvalue weighted by molar-refractivity contribution is 0.265. The maximum atomic E-state index is 14.4. The smallest absolute Gasteiger partial charge is 0.148 e. The molecule has 0 aliphatic carbocycles. The number of hydrogen-bond donors (Lipinski definition) is 0. The molecule has 0 bridgehead atoms. The minimum Gasteiger partial charge on any atom is -0.497 e. The fourth-order valence-corrected chi connectivity index (χ4v) is 3.90. The molecular weight excluding hydrogens is 367 g/mol. The second kappa shape index (κ2) is 8.35. The van der Waals surface area contributed by atoms with E-state index < -0.39 is 0 Å². The van der Waals surface area contributed by atoms with Crippen molar-refractivity contribution < 1.29 is 9.13 Å². The summed E-state index contributed by atoms with van der Waals surface area (Å²) in [6.07, 6.45) is 3.12. The SMILES string of the molecule is COc1ccc(-c2nn(-c3ccccc3F)cc2CN2CC[C@H](N(C)C)C2)cc1. The van der Waals surface area contributed by atoms with Gasteiger partial charge in [0.1, 0.15) is 17.3 Å². The first-order valence-corrected chi connectivity index (χ1v) is 9.92. The Morgan fingerprint density at radius 1 is 1.14 bits per heavy atom. The first-order chi connectivity index (χ1) is 14.0. The zero-order chi connectivity index (χ0) is 20.4. The van der Waals surface area contributed by atoms with Crippen molar-refractivity contribution in [3.8, 4) is 22.7 Å². The molecule has 1 saturated heterocycles. The molecule has 0 amide bonds. The van der Waals surface area contributed by atoms with Crippen molar-refractivity contribution in [1.82, 2.24) is 19.6 Å². The predicted molar refractivity (Wildman–Crippen MR) is 113 cm³/mol. The Morgan fingerprint density at radius 2 is 1.90 bits per heavy atom. The standard InChI is InChI=1S/C23H27FN4O/c1-26(2)19-12-13-27(16-19)14-18-15-28(22-7-5-4-6-21(22)24)25-23(18)17-8-10-20(29-3)11-9-17/h4-11,15,19H,12-14,16H2,1-3H3/t19-/m0/s1. The molecule has 29 heavy (non-hydrogen) atoms. The molecule has 4 rings (SSSR count). The zero-order valence-corrected chi connectivity index (χ0v) is 17.2. The van der Waals surface area contributed by atoms with Crippen LogP contribution in [0.4, 0.5) is 4.39 Å². The molecule has 0 N–H and O–H groups in total. The predicted octanol–water partition coefficient (Wildman–Crippen LogP) is 3.82. The summed E-state index contributed by atoms with van der Waals surface area (Å²) in [6, 6.07) is 15.2. The van der Waals surface area contributed by atoms with Gasteiger partial charge in [0, 0.05) is 43.0 Å². The normalized spacial score (nSPS) is 17.2. The average molecular weight is 394 g/mol. The zero-order valence-electron chi connectivity index (χ0n) is 17.2. The number of likely N-dealkylation sites (N-methyl/N-ethyl adjacent to an activating group) is 1. The molecule has 2 aromatic carbocycles. The van der Waals surface area contributed by atoms with E-state index >= 15 is 0 Å². The number of rotatable bonds is 6. The maximum absolute atomic E-state index is 14.4. The van der Waals surface area contributed by atoms with Crippen LogP contribution in [0.5, 0.6) is 5.75 Å². The lowest BCUT2D eigenvalue weighted by Gasteiger charge is -2.20. The fraction of sp³-hybridized carbons (Fsp3) is 0.348. The third kappa shape index (κ3) is 4.18. The van der Waals surface area contributed by atoms with Gasteiger partial charge in [0.05, 0.1) is 12.8 Å². The molecule has 1 atom stereocenters. The quantitative estimate of drug-likeness (QED) is 0.636. The second-order valence-electron chi connectivity index (χ2n) is 7.77. The molecule has 1 aliphatic heterocycles. The van der Waals surface area contributed by atoms with Crippen LogP contribution in [-0.2, 0) is 6.54 Å². The van der Waals surface area contributed by atoms with Crippen LogP contribution in [0.1, 0.15) is 12.0 Å². The Kier molecular flexibility index (Phi) is 5.65. The van der Waals surface area contributed by atoms with Gasteiger partial charge in [-0.15, -0.1) is 0 Å². The van der Waals surface area contributed by atoms with Crippen molar-refractivity contribution in [2.45, 2.75) is 19.0 Å². The highest BCUT2D eigenvalue weighted by atomic mass is 19.1. The highest BCUT2D eigenvalue weighted by Gasteiger charge is 2.25. The number of nitrogens with zero attached hydrogens (tertiary/aromatic N) is 4. The summed E-state index contributed by atoms with van der Waals surface area (Å²) in [5.41, 5.74) is 3.43. The molecule has 3 aromatic rings. The highest BCUT2D eigenvalue weighted by molar-refractivity contribution is 5.64. The molecule has 0 spiro atoms. The molecule has 5 nitrogen and oxygen atoms in total. The number of hydrogen-bond acceptors (Lipinski definition) is 4. The van der Waals surface area contributed by atoms with Gasteiger partial charge in [-0.2, -0.15) is 5.10 Å². The topological polar surface area (TPSA) is 33.5 Å². The molecule has 1 aromatic heterocycles. The summed E-state index contributed by atoms with van der Waals surface area (Å²) in [5, 5.41) is 4.76. The molecule has 0 saturated carbocycles. The van der Waals surface area contributed by atoms with Gasteiger partial charge in [-0.3, -0.25) is 4.90 Å². The first kappa shape index (κ1) is 19.6. The van der Waals surface area contributed by atoms with Crippen LogP contribution in [-0.4, -0.2) is 59.9 Å². The minimum absolute atomic E-state index is 0.281. The number of methoxy groups -OCH3 is 1. The monoisotopic (exact) mass is 394 g/mol. The van der Waals surface area contributed by atoms with Gasteiger partial charge in [0.15, 0.2) is 0 Å². The van der Waals surface area contributed by atoms with E-state index in [-0.39, 0.29) is 5.82 Å². The van der Waals surface area contributed by atoms with Gasteiger partial charge in [-0.25, -0.2) is 9.07 Å². The van der Waals surface area contributed by atoms with Crippen molar-refractivity contribution in [2.75, 3.05) is 34.3 Å². The van der Waals surface area contributed by atoms with Gasteiger partial charge < -0.3 is 9.64 Å².